The zero-order valence-electron chi connectivity index (χ0n) is 11.7. The minimum Gasteiger partial charge on any atom is -0.484 e. The van der Waals surface area contributed by atoms with Crippen LogP contribution in [0.4, 0.5) is 5.69 Å². The molecule has 0 saturated carbocycles. The first-order valence-corrected chi connectivity index (χ1v) is 7.96. The Hall–Kier alpha value is -1.84. The maximum atomic E-state index is 12.0. The molecule has 22 heavy (non-hydrogen) atoms. The Morgan fingerprint density at radius 1 is 1.27 bits per heavy atom. The third-order valence-electron chi connectivity index (χ3n) is 2.78. The average molecular weight is 424 g/mol. The van der Waals surface area contributed by atoms with Crippen LogP contribution in [0.2, 0.25) is 0 Å². The summed E-state index contributed by atoms with van der Waals surface area (Å²) in [7, 11) is 0. The number of nitrogens with one attached hydrogen (secondary N) is 1. The number of carbonyl (C=O) groups excluding carboxylic acids is 1. The number of nitrogens with zero attached hydrogens (tertiary/aromatic N) is 1. The number of anilines is 1. The number of aryl methyl sites for hydroxylation is 1. The quantitative estimate of drug-likeness (QED) is 0.792. The van der Waals surface area contributed by atoms with Crippen molar-refractivity contribution in [3.8, 4) is 11.8 Å². The lowest BCUT2D eigenvalue weighted by molar-refractivity contribution is -0.118. The fourth-order valence-corrected chi connectivity index (χ4v) is 3.41. The summed E-state index contributed by atoms with van der Waals surface area (Å²) in [4.78, 5) is 12.0. The molecule has 4 nitrogen and oxygen atoms in total. The molecule has 0 radical (unpaired) electrons. The summed E-state index contributed by atoms with van der Waals surface area (Å²) in [5, 5.41) is 11.6. The molecule has 1 N–H and O–H groups in total. The zero-order chi connectivity index (χ0) is 16.1. The molecule has 6 heteroatoms. The molecule has 0 aliphatic rings. The lowest BCUT2D eigenvalue weighted by Crippen LogP contribution is -2.20. The summed E-state index contributed by atoms with van der Waals surface area (Å²) >= 11 is 6.84. The highest BCUT2D eigenvalue weighted by Crippen LogP contribution is 2.32. The van der Waals surface area contributed by atoms with Crippen LogP contribution in [0.1, 0.15) is 11.1 Å². The lowest BCUT2D eigenvalue weighted by atomic mass is 10.2. The summed E-state index contributed by atoms with van der Waals surface area (Å²) in [6, 6.07) is 12.5. The molecule has 0 saturated heterocycles. The second-order valence-electron chi connectivity index (χ2n) is 4.58. The fraction of sp³-hybridized carbons (Fsp3) is 0.125. The molecular formula is C16H12Br2N2O2. The first-order chi connectivity index (χ1) is 10.5. The Morgan fingerprint density at radius 3 is 2.59 bits per heavy atom. The summed E-state index contributed by atoms with van der Waals surface area (Å²) in [6.07, 6.45) is 0. The largest absolute Gasteiger partial charge is 0.484 e. The van der Waals surface area contributed by atoms with E-state index in [0.717, 1.165) is 14.5 Å². The Kier molecular flexibility index (Phi) is 5.58. The Balaban J connectivity index is 2.00. The summed E-state index contributed by atoms with van der Waals surface area (Å²) in [6.45, 7) is 1.83. The number of rotatable bonds is 4. The van der Waals surface area contributed by atoms with Crippen molar-refractivity contribution in [2.75, 3.05) is 11.9 Å². The van der Waals surface area contributed by atoms with E-state index in [9.17, 15) is 4.79 Å². The molecular weight excluding hydrogens is 412 g/mol. The van der Waals surface area contributed by atoms with Gasteiger partial charge < -0.3 is 10.1 Å². The molecule has 0 aromatic heterocycles. The number of nitriles is 1. The highest BCUT2D eigenvalue weighted by atomic mass is 79.9. The zero-order valence-corrected chi connectivity index (χ0v) is 14.9. The molecule has 0 heterocycles. The number of hydrogen-bond acceptors (Lipinski definition) is 3. The van der Waals surface area contributed by atoms with Crippen LogP contribution < -0.4 is 10.1 Å². The monoisotopic (exact) mass is 422 g/mol. The molecule has 0 bridgehead atoms. The standard InChI is InChI=1S/C16H12Br2N2O2/c1-10-5-13(17)16(14(18)6-10)20-15(21)9-22-12-4-2-3-11(7-12)8-19/h2-7H,9H2,1H3,(H,20,21). The second kappa shape index (κ2) is 7.43. The third kappa shape index (κ3) is 4.33. The van der Waals surface area contributed by atoms with Gasteiger partial charge in [-0.3, -0.25) is 4.79 Å². The van der Waals surface area contributed by atoms with E-state index in [1.165, 1.54) is 0 Å². The molecule has 0 atom stereocenters. The van der Waals surface area contributed by atoms with Gasteiger partial charge in [0.15, 0.2) is 6.61 Å². The summed E-state index contributed by atoms with van der Waals surface area (Å²) in [5.41, 5.74) is 2.22. The van der Waals surface area contributed by atoms with Crippen molar-refractivity contribution >= 4 is 43.5 Å². The fourth-order valence-electron chi connectivity index (χ4n) is 1.80. The Morgan fingerprint density at radius 2 is 1.95 bits per heavy atom. The van der Waals surface area contributed by atoms with Crippen LogP contribution in [0, 0.1) is 18.3 Å². The van der Waals surface area contributed by atoms with Crippen LogP contribution in [0.25, 0.3) is 0 Å². The van der Waals surface area contributed by atoms with Gasteiger partial charge in [-0.15, -0.1) is 0 Å². The predicted molar refractivity (Wildman–Crippen MR) is 91.9 cm³/mol. The SMILES string of the molecule is Cc1cc(Br)c(NC(=O)COc2cccc(C#N)c2)c(Br)c1. The third-order valence-corrected chi connectivity index (χ3v) is 4.03. The van der Waals surface area contributed by atoms with Gasteiger partial charge in [-0.1, -0.05) is 6.07 Å². The van der Waals surface area contributed by atoms with Gasteiger partial charge in [0.1, 0.15) is 5.75 Å². The molecule has 0 spiro atoms. The maximum Gasteiger partial charge on any atom is 0.262 e. The van der Waals surface area contributed by atoms with Crippen LogP contribution in [-0.4, -0.2) is 12.5 Å². The number of halogens is 2. The molecule has 2 aromatic rings. The van der Waals surface area contributed by atoms with E-state index in [1.807, 2.05) is 25.1 Å². The van der Waals surface area contributed by atoms with Gasteiger partial charge >= 0.3 is 0 Å². The van der Waals surface area contributed by atoms with Gasteiger partial charge in [-0.2, -0.15) is 5.26 Å². The number of benzene rings is 2. The summed E-state index contributed by atoms with van der Waals surface area (Å²) < 4.78 is 6.97. The molecule has 0 aliphatic heterocycles. The van der Waals surface area contributed by atoms with E-state index < -0.39 is 0 Å². The average Bonchev–Trinajstić information content (AvgIpc) is 2.49. The smallest absolute Gasteiger partial charge is 0.262 e. The highest BCUT2D eigenvalue weighted by Gasteiger charge is 2.11. The molecule has 0 unspecified atom stereocenters. The first kappa shape index (κ1) is 16.5. The minimum atomic E-state index is -0.285. The number of hydrogen-bond donors (Lipinski definition) is 1. The van der Waals surface area contributed by atoms with Gasteiger partial charge in [0.05, 0.1) is 17.3 Å². The molecule has 112 valence electrons. The number of ether oxygens (including phenoxy) is 1. The van der Waals surface area contributed by atoms with Crippen LogP contribution >= 0.6 is 31.9 Å². The lowest BCUT2D eigenvalue weighted by Gasteiger charge is -2.11. The van der Waals surface area contributed by atoms with Crippen LogP contribution in [0.15, 0.2) is 45.3 Å². The number of carbonyl (C=O) groups is 1. The van der Waals surface area contributed by atoms with Crippen molar-refractivity contribution in [1.82, 2.24) is 0 Å². The van der Waals surface area contributed by atoms with Crippen molar-refractivity contribution < 1.29 is 9.53 Å². The topological polar surface area (TPSA) is 62.1 Å². The molecule has 0 aliphatic carbocycles. The van der Waals surface area contributed by atoms with Gasteiger partial charge in [-0.05, 0) is 74.7 Å². The molecule has 0 fully saturated rings. The van der Waals surface area contributed by atoms with Crippen LogP contribution in [-0.2, 0) is 4.79 Å². The minimum absolute atomic E-state index is 0.137. The summed E-state index contributed by atoms with van der Waals surface area (Å²) in [5.74, 6) is 0.198. The van der Waals surface area contributed by atoms with E-state index in [-0.39, 0.29) is 12.5 Å². The Labute approximate surface area is 145 Å². The first-order valence-electron chi connectivity index (χ1n) is 6.38. The highest BCUT2D eigenvalue weighted by molar-refractivity contribution is 9.11. The van der Waals surface area contributed by atoms with Crippen molar-refractivity contribution in [3.63, 3.8) is 0 Å². The van der Waals surface area contributed by atoms with E-state index in [0.29, 0.717) is 17.0 Å². The maximum absolute atomic E-state index is 12.0. The predicted octanol–water partition coefficient (Wildman–Crippen LogP) is 4.41. The Bertz CT molecular complexity index is 731. The molecule has 2 rings (SSSR count). The van der Waals surface area contributed by atoms with Crippen LogP contribution in [0.3, 0.4) is 0 Å². The molecule has 1 amide bonds. The van der Waals surface area contributed by atoms with Gasteiger partial charge in [0, 0.05) is 8.95 Å². The van der Waals surface area contributed by atoms with E-state index in [4.69, 9.17) is 10.00 Å². The molecule has 2 aromatic carbocycles. The normalized spacial score (nSPS) is 9.91. The van der Waals surface area contributed by atoms with Gasteiger partial charge in [0.25, 0.3) is 5.91 Å². The van der Waals surface area contributed by atoms with Crippen molar-refractivity contribution in [1.29, 1.82) is 5.26 Å². The van der Waals surface area contributed by atoms with Gasteiger partial charge in [-0.25, -0.2) is 0 Å². The van der Waals surface area contributed by atoms with Crippen molar-refractivity contribution in [2.45, 2.75) is 6.92 Å². The van der Waals surface area contributed by atoms with E-state index >= 15 is 0 Å². The number of amides is 1. The van der Waals surface area contributed by atoms with Gasteiger partial charge in [0.2, 0.25) is 0 Å². The van der Waals surface area contributed by atoms with Crippen LogP contribution in [0.5, 0.6) is 5.75 Å². The second-order valence-corrected chi connectivity index (χ2v) is 6.29. The van der Waals surface area contributed by atoms with E-state index in [2.05, 4.69) is 37.2 Å². The van der Waals surface area contributed by atoms with Crippen molar-refractivity contribution in [2.24, 2.45) is 0 Å². The van der Waals surface area contributed by atoms with E-state index in [1.54, 1.807) is 24.3 Å². The van der Waals surface area contributed by atoms with Crippen molar-refractivity contribution in [3.05, 3.63) is 56.5 Å².